The third kappa shape index (κ3) is 2.94. The van der Waals surface area contributed by atoms with E-state index in [0.29, 0.717) is 6.42 Å². The van der Waals surface area contributed by atoms with Gasteiger partial charge in [0.2, 0.25) is 0 Å². The number of benzene rings is 1. The molecule has 0 radical (unpaired) electrons. The Bertz CT molecular complexity index is 311. The maximum Gasteiger partial charge on any atom is 0.124 e. The minimum absolute atomic E-state index is 0.204. The summed E-state index contributed by atoms with van der Waals surface area (Å²) in [5.41, 5.74) is 3.13. The number of rotatable bonds is 4. The van der Waals surface area contributed by atoms with Crippen molar-refractivity contribution in [2.24, 2.45) is 0 Å². The van der Waals surface area contributed by atoms with E-state index in [2.05, 4.69) is 0 Å². The smallest absolute Gasteiger partial charge is 0.124 e. The van der Waals surface area contributed by atoms with Crippen molar-refractivity contribution in [3.8, 4) is 5.75 Å². The van der Waals surface area contributed by atoms with E-state index in [9.17, 15) is 5.11 Å². The van der Waals surface area contributed by atoms with Gasteiger partial charge in [0.25, 0.3) is 0 Å². The Kier molecular flexibility index (Phi) is 4.12. The van der Waals surface area contributed by atoms with Gasteiger partial charge in [-0.1, -0.05) is 12.1 Å². The molecule has 0 aliphatic heterocycles. The first-order valence-corrected chi connectivity index (χ1v) is 5.01. The third-order valence-corrected chi connectivity index (χ3v) is 2.41. The van der Waals surface area contributed by atoms with Crippen LogP contribution in [0.1, 0.15) is 16.7 Å². The first kappa shape index (κ1) is 12.0. The van der Waals surface area contributed by atoms with E-state index < -0.39 is 6.10 Å². The molecule has 0 heterocycles. The quantitative estimate of drug-likeness (QED) is 0.785. The highest BCUT2D eigenvalue weighted by molar-refractivity contribution is 5.43. The average Bonchev–Trinajstić information content (AvgIpc) is 2.17. The molecule has 1 rings (SSSR count). The Labute approximate surface area is 90.3 Å². The van der Waals surface area contributed by atoms with Gasteiger partial charge in [0, 0.05) is 6.42 Å². The van der Waals surface area contributed by atoms with Gasteiger partial charge in [-0.3, -0.25) is 0 Å². The van der Waals surface area contributed by atoms with Crippen molar-refractivity contribution in [1.82, 2.24) is 0 Å². The number of ether oxygens (including phenoxy) is 1. The van der Waals surface area contributed by atoms with Gasteiger partial charge in [-0.25, -0.2) is 0 Å². The number of methoxy groups -OCH3 is 1. The molecule has 1 unspecified atom stereocenters. The van der Waals surface area contributed by atoms with Gasteiger partial charge < -0.3 is 14.9 Å². The van der Waals surface area contributed by atoms with Crippen molar-refractivity contribution in [2.45, 2.75) is 26.4 Å². The van der Waals surface area contributed by atoms with Crippen LogP contribution in [0.5, 0.6) is 5.75 Å². The van der Waals surface area contributed by atoms with Crippen molar-refractivity contribution in [1.29, 1.82) is 0 Å². The highest BCUT2D eigenvalue weighted by Crippen LogP contribution is 2.24. The standard InChI is InChI=1S/C12H18O3/c1-8-4-10(6-11(14)7-13)5-9(2)12(8)15-3/h4-5,11,13-14H,6-7H2,1-3H3. The zero-order chi connectivity index (χ0) is 11.4. The number of aliphatic hydroxyl groups is 2. The zero-order valence-electron chi connectivity index (χ0n) is 9.45. The molecule has 1 aromatic rings. The van der Waals surface area contributed by atoms with E-state index in [-0.39, 0.29) is 6.61 Å². The molecule has 0 aliphatic carbocycles. The minimum atomic E-state index is -0.683. The van der Waals surface area contributed by atoms with Crippen LogP contribution < -0.4 is 4.74 Å². The molecule has 0 spiro atoms. The lowest BCUT2D eigenvalue weighted by atomic mass is 10.0. The topological polar surface area (TPSA) is 49.7 Å². The van der Waals surface area contributed by atoms with Gasteiger partial charge in [-0.05, 0) is 30.5 Å². The van der Waals surface area contributed by atoms with Crippen LogP contribution >= 0.6 is 0 Å². The first-order valence-electron chi connectivity index (χ1n) is 5.01. The monoisotopic (exact) mass is 210 g/mol. The molecule has 0 saturated carbocycles. The lowest BCUT2D eigenvalue weighted by molar-refractivity contribution is 0.0955. The zero-order valence-corrected chi connectivity index (χ0v) is 9.45. The lowest BCUT2D eigenvalue weighted by Gasteiger charge is -2.13. The van der Waals surface area contributed by atoms with E-state index in [1.54, 1.807) is 7.11 Å². The maximum absolute atomic E-state index is 9.34. The molecular weight excluding hydrogens is 192 g/mol. The summed E-state index contributed by atoms with van der Waals surface area (Å²) in [6, 6.07) is 3.95. The summed E-state index contributed by atoms with van der Waals surface area (Å²) in [4.78, 5) is 0. The first-order chi connectivity index (χ1) is 7.08. The largest absolute Gasteiger partial charge is 0.496 e. The van der Waals surface area contributed by atoms with Crippen LogP contribution in [-0.4, -0.2) is 30.0 Å². The van der Waals surface area contributed by atoms with E-state index >= 15 is 0 Å². The van der Waals surface area contributed by atoms with Crippen molar-refractivity contribution < 1.29 is 14.9 Å². The van der Waals surface area contributed by atoms with Crippen LogP contribution in [0.3, 0.4) is 0 Å². The molecule has 0 bridgehead atoms. The van der Waals surface area contributed by atoms with Crippen LogP contribution in [0, 0.1) is 13.8 Å². The van der Waals surface area contributed by atoms with E-state index in [4.69, 9.17) is 9.84 Å². The van der Waals surface area contributed by atoms with Crippen LogP contribution in [0.2, 0.25) is 0 Å². The molecule has 0 amide bonds. The van der Waals surface area contributed by atoms with Gasteiger partial charge in [-0.2, -0.15) is 0 Å². The molecule has 84 valence electrons. The van der Waals surface area contributed by atoms with E-state index in [1.807, 2.05) is 26.0 Å². The Morgan fingerprint density at radius 1 is 1.27 bits per heavy atom. The Hall–Kier alpha value is -1.06. The molecule has 1 aromatic carbocycles. The van der Waals surface area contributed by atoms with Crippen LogP contribution in [0.4, 0.5) is 0 Å². The molecule has 3 heteroatoms. The number of hydrogen-bond acceptors (Lipinski definition) is 3. The number of hydrogen-bond donors (Lipinski definition) is 2. The summed E-state index contributed by atoms with van der Waals surface area (Å²) in [6.07, 6.45) is -0.209. The Balaban J connectivity index is 2.93. The fourth-order valence-corrected chi connectivity index (χ4v) is 1.82. The fourth-order valence-electron chi connectivity index (χ4n) is 1.82. The molecule has 0 aliphatic rings. The van der Waals surface area contributed by atoms with Gasteiger partial charge in [0.1, 0.15) is 5.75 Å². The summed E-state index contributed by atoms with van der Waals surface area (Å²) >= 11 is 0. The average molecular weight is 210 g/mol. The van der Waals surface area contributed by atoms with Crippen LogP contribution in [-0.2, 0) is 6.42 Å². The molecule has 0 saturated heterocycles. The lowest BCUT2D eigenvalue weighted by Crippen LogP contribution is -2.15. The second-order valence-corrected chi connectivity index (χ2v) is 3.80. The maximum atomic E-state index is 9.34. The molecule has 0 fully saturated rings. The summed E-state index contributed by atoms with van der Waals surface area (Å²) in [7, 11) is 1.65. The molecule has 15 heavy (non-hydrogen) atoms. The number of aliphatic hydroxyl groups excluding tert-OH is 2. The highest BCUT2D eigenvalue weighted by Gasteiger charge is 2.08. The van der Waals surface area contributed by atoms with Gasteiger partial charge >= 0.3 is 0 Å². The summed E-state index contributed by atoms with van der Waals surface area (Å²) in [5.74, 6) is 0.886. The van der Waals surface area contributed by atoms with E-state index in [0.717, 1.165) is 22.4 Å². The molecule has 0 aromatic heterocycles. The normalized spacial score (nSPS) is 12.6. The molecule has 3 nitrogen and oxygen atoms in total. The van der Waals surface area contributed by atoms with Gasteiger partial charge in [0.05, 0.1) is 19.8 Å². The second-order valence-electron chi connectivity index (χ2n) is 3.80. The van der Waals surface area contributed by atoms with Crippen molar-refractivity contribution in [3.63, 3.8) is 0 Å². The Morgan fingerprint density at radius 2 is 1.80 bits per heavy atom. The second kappa shape index (κ2) is 5.14. The van der Waals surface area contributed by atoms with Gasteiger partial charge in [-0.15, -0.1) is 0 Å². The summed E-state index contributed by atoms with van der Waals surface area (Å²) in [6.45, 7) is 3.74. The van der Waals surface area contributed by atoms with Gasteiger partial charge in [0.15, 0.2) is 0 Å². The van der Waals surface area contributed by atoms with Crippen LogP contribution in [0.25, 0.3) is 0 Å². The molecule has 2 N–H and O–H groups in total. The van der Waals surface area contributed by atoms with E-state index in [1.165, 1.54) is 0 Å². The van der Waals surface area contributed by atoms with Crippen molar-refractivity contribution in [3.05, 3.63) is 28.8 Å². The fraction of sp³-hybridized carbons (Fsp3) is 0.500. The number of aryl methyl sites for hydroxylation is 2. The SMILES string of the molecule is COc1c(C)cc(CC(O)CO)cc1C. The molecule has 1 atom stereocenters. The predicted molar refractivity (Wildman–Crippen MR) is 59.3 cm³/mol. The predicted octanol–water partition coefficient (Wildman–Crippen LogP) is 1.21. The Morgan fingerprint density at radius 3 is 2.20 bits per heavy atom. The summed E-state index contributed by atoms with van der Waals surface area (Å²) < 4.78 is 5.25. The minimum Gasteiger partial charge on any atom is -0.496 e. The third-order valence-electron chi connectivity index (χ3n) is 2.41. The highest BCUT2D eigenvalue weighted by atomic mass is 16.5. The van der Waals surface area contributed by atoms with Crippen molar-refractivity contribution >= 4 is 0 Å². The van der Waals surface area contributed by atoms with Crippen LogP contribution in [0.15, 0.2) is 12.1 Å². The molecular formula is C12H18O3. The summed E-state index contributed by atoms with van der Waals surface area (Å²) in [5, 5.41) is 18.1. The van der Waals surface area contributed by atoms with Crippen molar-refractivity contribution in [2.75, 3.05) is 13.7 Å².